The topological polar surface area (TPSA) is 73.9 Å². The molecule has 2 N–H and O–H groups in total. The highest BCUT2D eigenvalue weighted by Crippen LogP contribution is 2.33. The predicted octanol–water partition coefficient (Wildman–Crippen LogP) is 4.27. The molecular weight excluding hydrogens is 320 g/mol. The quantitative estimate of drug-likeness (QED) is 0.725. The first kappa shape index (κ1) is 16.4. The minimum Gasteiger partial charge on any atom is -0.485 e. The summed E-state index contributed by atoms with van der Waals surface area (Å²) in [6, 6.07) is 5.75. The molecule has 3 heterocycles. The Hall–Kier alpha value is -2.47. The van der Waals surface area contributed by atoms with Gasteiger partial charge in [0.1, 0.15) is 6.61 Å². The molecule has 6 heteroatoms. The Morgan fingerprint density at radius 2 is 2.00 bits per heavy atom. The lowest BCUT2D eigenvalue weighted by Crippen LogP contribution is -2.00. The molecule has 124 valence electrons. The SMILES string of the molecule is CCC(C)c1ncc(-c2cnc(N)c(OCc3ccncc3)c2)s1. The molecule has 0 aliphatic rings. The van der Waals surface area contributed by atoms with E-state index < -0.39 is 0 Å². The van der Waals surface area contributed by atoms with Gasteiger partial charge in [-0.15, -0.1) is 11.3 Å². The second-order valence-corrected chi connectivity index (χ2v) is 6.69. The number of thiazole rings is 1. The maximum absolute atomic E-state index is 5.95. The van der Waals surface area contributed by atoms with Gasteiger partial charge < -0.3 is 10.5 Å². The summed E-state index contributed by atoms with van der Waals surface area (Å²) < 4.78 is 5.83. The van der Waals surface area contributed by atoms with E-state index >= 15 is 0 Å². The number of nitrogens with zero attached hydrogens (tertiary/aromatic N) is 3. The number of hydrogen-bond acceptors (Lipinski definition) is 6. The van der Waals surface area contributed by atoms with Crippen LogP contribution < -0.4 is 10.5 Å². The first-order chi connectivity index (χ1) is 11.7. The molecule has 0 fully saturated rings. The Bertz CT molecular complexity index is 804. The van der Waals surface area contributed by atoms with Crippen molar-refractivity contribution < 1.29 is 4.74 Å². The maximum Gasteiger partial charge on any atom is 0.166 e. The second kappa shape index (κ2) is 7.40. The summed E-state index contributed by atoms with van der Waals surface area (Å²) >= 11 is 1.69. The maximum atomic E-state index is 5.95. The van der Waals surface area contributed by atoms with Crippen molar-refractivity contribution in [3.05, 3.63) is 53.6 Å². The first-order valence-electron chi connectivity index (χ1n) is 7.90. The molecule has 5 nitrogen and oxygen atoms in total. The van der Waals surface area contributed by atoms with E-state index in [0.29, 0.717) is 24.1 Å². The lowest BCUT2D eigenvalue weighted by atomic mass is 10.1. The number of anilines is 1. The van der Waals surface area contributed by atoms with Crippen LogP contribution in [-0.2, 0) is 6.61 Å². The summed E-state index contributed by atoms with van der Waals surface area (Å²) in [6.45, 7) is 4.79. The Kier molecular flexibility index (Phi) is 5.05. The summed E-state index contributed by atoms with van der Waals surface area (Å²) in [5.41, 5.74) is 7.95. The molecule has 0 saturated carbocycles. The summed E-state index contributed by atoms with van der Waals surface area (Å²) in [7, 11) is 0. The minimum absolute atomic E-state index is 0.388. The average Bonchev–Trinajstić information content (AvgIpc) is 3.11. The van der Waals surface area contributed by atoms with Crippen molar-refractivity contribution >= 4 is 17.2 Å². The summed E-state index contributed by atoms with van der Waals surface area (Å²) in [6.07, 6.45) is 8.22. The second-order valence-electron chi connectivity index (χ2n) is 5.62. The third kappa shape index (κ3) is 3.71. The molecule has 0 bridgehead atoms. The molecule has 1 unspecified atom stereocenters. The molecule has 1 atom stereocenters. The number of aromatic nitrogens is 3. The molecule has 0 spiro atoms. The molecule has 24 heavy (non-hydrogen) atoms. The number of hydrogen-bond donors (Lipinski definition) is 1. The summed E-state index contributed by atoms with van der Waals surface area (Å²) in [5.74, 6) is 1.44. The molecule has 0 saturated heterocycles. The Balaban J connectivity index is 1.79. The predicted molar refractivity (Wildman–Crippen MR) is 97.0 cm³/mol. The fourth-order valence-corrected chi connectivity index (χ4v) is 3.20. The number of ether oxygens (including phenoxy) is 1. The third-order valence-corrected chi connectivity index (χ3v) is 5.15. The van der Waals surface area contributed by atoms with Crippen LogP contribution in [-0.4, -0.2) is 15.0 Å². The lowest BCUT2D eigenvalue weighted by molar-refractivity contribution is 0.307. The van der Waals surface area contributed by atoms with Crippen LogP contribution in [0.3, 0.4) is 0 Å². The van der Waals surface area contributed by atoms with Gasteiger partial charge in [-0.25, -0.2) is 9.97 Å². The van der Waals surface area contributed by atoms with Crippen molar-refractivity contribution in [3.63, 3.8) is 0 Å². The molecule has 0 aliphatic heterocycles. The highest BCUT2D eigenvalue weighted by molar-refractivity contribution is 7.15. The van der Waals surface area contributed by atoms with Crippen molar-refractivity contribution in [2.24, 2.45) is 0 Å². The third-order valence-electron chi connectivity index (χ3n) is 3.87. The Morgan fingerprint density at radius 1 is 1.21 bits per heavy atom. The number of nitrogen functional groups attached to an aromatic ring is 1. The van der Waals surface area contributed by atoms with Crippen molar-refractivity contribution in [1.82, 2.24) is 15.0 Å². The van der Waals surface area contributed by atoms with Gasteiger partial charge in [-0.2, -0.15) is 0 Å². The van der Waals surface area contributed by atoms with Gasteiger partial charge in [0.15, 0.2) is 11.6 Å². The smallest absolute Gasteiger partial charge is 0.166 e. The van der Waals surface area contributed by atoms with Gasteiger partial charge >= 0.3 is 0 Å². The average molecular weight is 340 g/mol. The van der Waals surface area contributed by atoms with Crippen LogP contribution in [0, 0.1) is 0 Å². The molecule has 0 aliphatic carbocycles. The van der Waals surface area contributed by atoms with Gasteiger partial charge in [0.05, 0.1) is 9.88 Å². The molecule has 3 aromatic heterocycles. The van der Waals surface area contributed by atoms with E-state index in [1.165, 1.54) is 0 Å². The van der Waals surface area contributed by atoms with Crippen LogP contribution >= 0.6 is 11.3 Å². The van der Waals surface area contributed by atoms with Gasteiger partial charge in [0.25, 0.3) is 0 Å². The van der Waals surface area contributed by atoms with Crippen LogP contribution in [0.4, 0.5) is 5.82 Å². The van der Waals surface area contributed by atoms with E-state index in [-0.39, 0.29) is 0 Å². The van der Waals surface area contributed by atoms with Crippen molar-refractivity contribution in [2.75, 3.05) is 5.73 Å². The van der Waals surface area contributed by atoms with Crippen molar-refractivity contribution in [2.45, 2.75) is 32.8 Å². The van der Waals surface area contributed by atoms with E-state index in [1.54, 1.807) is 29.9 Å². The van der Waals surface area contributed by atoms with Crippen LogP contribution in [0.15, 0.2) is 43.0 Å². The summed E-state index contributed by atoms with van der Waals surface area (Å²) in [5, 5.41) is 1.14. The molecule has 0 amide bonds. The molecule has 3 rings (SSSR count). The van der Waals surface area contributed by atoms with Crippen LogP contribution in [0.1, 0.15) is 36.8 Å². The van der Waals surface area contributed by atoms with E-state index in [0.717, 1.165) is 27.4 Å². The molecular formula is C18H20N4OS. The zero-order valence-corrected chi connectivity index (χ0v) is 14.6. The van der Waals surface area contributed by atoms with Gasteiger partial charge in [0.2, 0.25) is 0 Å². The Labute approximate surface area is 145 Å². The van der Waals surface area contributed by atoms with Gasteiger partial charge in [-0.1, -0.05) is 13.8 Å². The zero-order valence-electron chi connectivity index (χ0n) is 13.8. The molecule has 0 radical (unpaired) electrons. The highest BCUT2D eigenvalue weighted by Gasteiger charge is 2.12. The Morgan fingerprint density at radius 3 is 2.75 bits per heavy atom. The number of pyridine rings is 2. The van der Waals surface area contributed by atoms with E-state index in [2.05, 4.69) is 28.8 Å². The highest BCUT2D eigenvalue weighted by atomic mass is 32.1. The van der Waals surface area contributed by atoms with Crippen LogP contribution in [0.25, 0.3) is 10.4 Å². The van der Waals surface area contributed by atoms with E-state index in [9.17, 15) is 0 Å². The minimum atomic E-state index is 0.388. The van der Waals surface area contributed by atoms with Crippen LogP contribution in [0.2, 0.25) is 0 Å². The van der Waals surface area contributed by atoms with Gasteiger partial charge in [0, 0.05) is 36.3 Å². The standard InChI is InChI=1S/C18H20N4OS/c1-3-12(2)18-22-10-16(24-18)14-8-15(17(19)21-9-14)23-11-13-4-6-20-7-5-13/h4-10,12H,3,11H2,1-2H3,(H2,19,21). The van der Waals surface area contributed by atoms with Crippen LogP contribution in [0.5, 0.6) is 5.75 Å². The monoisotopic (exact) mass is 340 g/mol. The first-order valence-corrected chi connectivity index (χ1v) is 8.72. The number of rotatable bonds is 6. The largest absolute Gasteiger partial charge is 0.485 e. The van der Waals surface area contributed by atoms with E-state index in [4.69, 9.17) is 10.5 Å². The van der Waals surface area contributed by atoms with Crippen molar-refractivity contribution in [3.8, 4) is 16.2 Å². The fraction of sp³-hybridized carbons (Fsp3) is 0.278. The molecule has 0 aromatic carbocycles. The summed E-state index contributed by atoms with van der Waals surface area (Å²) in [4.78, 5) is 13.9. The molecule has 3 aromatic rings. The normalized spacial score (nSPS) is 12.1. The fourth-order valence-electron chi connectivity index (χ4n) is 2.17. The lowest BCUT2D eigenvalue weighted by Gasteiger charge is -2.09. The zero-order chi connectivity index (χ0) is 16.9. The van der Waals surface area contributed by atoms with E-state index in [1.807, 2.05) is 24.4 Å². The van der Waals surface area contributed by atoms with Crippen molar-refractivity contribution in [1.29, 1.82) is 0 Å². The van der Waals surface area contributed by atoms with Gasteiger partial charge in [-0.05, 0) is 30.2 Å². The van der Waals surface area contributed by atoms with Gasteiger partial charge in [-0.3, -0.25) is 4.98 Å². The number of nitrogens with two attached hydrogens (primary N) is 1.